The van der Waals surface area contributed by atoms with Gasteiger partial charge >= 0.3 is 0 Å². The first-order chi connectivity index (χ1) is 12.0. The second-order valence-electron chi connectivity index (χ2n) is 9.55. The van der Waals surface area contributed by atoms with E-state index in [1.54, 1.807) is 0 Å². The predicted octanol–water partition coefficient (Wildman–Crippen LogP) is 6.08. The van der Waals surface area contributed by atoms with Crippen LogP contribution in [-0.2, 0) is 11.2 Å². The number of ether oxygens (including phenoxy) is 2. The molecule has 0 N–H and O–H groups in total. The first kappa shape index (κ1) is 20.8. The molecule has 0 saturated carbocycles. The highest BCUT2D eigenvalue weighted by molar-refractivity contribution is 5.62. The molecule has 0 radical (unpaired) electrons. The molecule has 2 rings (SSSR count). The van der Waals surface area contributed by atoms with Gasteiger partial charge in [0.2, 0.25) is 0 Å². The molecule has 1 atom stereocenters. The van der Waals surface area contributed by atoms with E-state index < -0.39 is 0 Å². The van der Waals surface area contributed by atoms with Gasteiger partial charge in [-0.2, -0.15) is 0 Å². The summed E-state index contributed by atoms with van der Waals surface area (Å²) in [5, 5.41) is 0. The Morgan fingerprint density at radius 3 is 2.42 bits per heavy atom. The molecule has 0 aromatic heterocycles. The molecule has 146 valence electrons. The third kappa shape index (κ3) is 4.42. The predicted molar refractivity (Wildman–Crippen MR) is 107 cm³/mol. The minimum atomic E-state index is -0.149. The molecule has 1 aliphatic rings. The van der Waals surface area contributed by atoms with Crippen LogP contribution in [0.2, 0.25) is 0 Å². The number of carbonyl (C=O) groups is 1. The van der Waals surface area contributed by atoms with Crippen molar-refractivity contribution in [2.75, 3.05) is 0 Å². The van der Waals surface area contributed by atoms with E-state index in [-0.39, 0.29) is 11.0 Å². The van der Waals surface area contributed by atoms with Gasteiger partial charge in [0.1, 0.15) is 17.1 Å². The fraction of sp³-hybridized carbons (Fsp3) is 0.696. The van der Waals surface area contributed by atoms with Gasteiger partial charge in [-0.25, -0.2) is 0 Å². The van der Waals surface area contributed by atoms with Gasteiger partial charge in [0, 0.05) is 5.56 Å². The molecule has 1 aromatic rings. The zero-order valence-corrected chi connectivity index (χ0v) is 17.9. The van der Waals surface area contributed by atoms with Crippen LogP contribution in [0.25, 0.3) is 0 Å². The van der Waals surface area contributed by atoms with Gasteiger partial charge in [-0.3, -0.25) is 4.79 Å². The number of carbonyl (C=O) groups excluding carboxylic acids is 1. The van der Waals surface area contributed by atoms with E-state index in [2.05, 4.69) is 41.5 Å². The molecule has 0 saturated heterocycles. The van der Waals surface area contributed by atoms with E-state index in [9.17, 15) is 4.79 Å². The lowest BCUT2D eigenvalue weighted by molar-refractivity contribution is -0.120. The summed E-state index contributed by atoms with van der Waals surface area (Å²) in [5.41, 5.74) is 4.43. The summed E-state index contributed by atoms with van der Waals surface area (Å²) in [7, 11) is 0. The maximum Gasteiger partial charge on any atom is 0.298 e. The Hall–Kier alpha value is -1.51. The van der Waals surface area contributed by atoms with Crippen molar-refractivity contribution in [2.45, 2.75) is 93.1 Å². The van der Waals surface area contributed by atoms with Crippen LogP contribution in [0, 0.1) is 32.1 Å². The maximum absolute atomic E-state index is 10.9. The zero-order chi connectivity index (χ0) is 19.7. The van der Waals surface area contributed by atoms with Crippen LogP contribution in [0.3, 0.4) is 0 Å². The third-order valence-corrected chi connectivity index (χ3v) is 5.98. The van der Waals surface area contributed by atoms with E-state index in [0.29, 0.717) is 12.2 Å². The Balaban J connectivity index is 2.29. The van der Waals surface area contributed by atoms with Crippen molar-refractivity contribution in [3.05, 3.63) is 22.3 Å². The Morgan fingerprint density at radius 1 is 1.19 bits per heavy atom. The van der Waals surface area contributed by atoms with Crippen LogP contribution in [-0.4, -0.2) is 12.1 Å². The summed E-state index contributed by atoms with van der Waals surface area (Å²) in [6, 6.07) is 0. The molecule has 0 fully saturated rings. The first-order valence-electron chi connectivity index (χ1n) is 9.91. The van der Waals surface area contributed by atoms with Crippen molar-refractivity contribution in [3.63, 3.8) is 0 Å². The fourth-order valence-electron chi connectivity index (χ4n) is 4.41. The highest BCUT2D eigenvalue weighted by Gasteiger charge is 2.39. The lowest BCUT2D eigenvalue weighted by atomic mass is 9.73. The van der Waals surface area contributed by atoms with Crippen molar-refractivity contribution < 1.29 is 14.3 Å². The molecule has 1 aliphatic heterocycles. The number of rotatable bonds is 7. The quantitative estimate of drug-likeness (QED) is 0.552. The average molecular weight is 361 g/mol. The molecule has 1 aromatic carbocycles. The second-order valence-corrected chi connectivity index (χ2v) is 9.55. The van der Waals surface area contributed by atoms with Gasteiger partial charge in [-0.05, 0) is 81.4 Å². The summed E-state index contributed by atoms with van der Waals surface area (Å²) in [6.45, 7) is 18.2. The van der Waals surface area contributed by atoms with Crippen molar-refractivity contribution in [2.24, 2.45) is 11.3 Å². The molecular formula is C23H36O3. The summed E-state index contributed by atoms with van der Waals surface area (Å²) in [6.07, 6.45) is 5.49. The molecule has 0 aliphatic carbocycles. The van der Waals surface area contributed by atoms with Crippen molar-refractivity contribution in [1.82, 2.24) is 0 Å². The topological polar surface area (TPSA) is 35.5 Å². The Kier molecular flexibility index (Phi) is 6.09. The smallest absolute Gasteiger partial charge is 0.298 e. The molecule has 0 bridgehead atoms. The first-order valence-corrected chi connectivity index (χ1v) is 9.91. The SMILES string of the molecule is Cc1c(C)c2c(c(C)c1OC=O)CCC(C)(CC(C)(C)CCC(C)C)O2. The fourth-order valence-corrected chi connectivity index (χ4v) is 4.41. The number of benzene rings is 1. The van der Waals surface area contributed by atoms with Crippen molar-refractivity contribution >= 4 is 6.47 Å². The number of hydrogen-bond donors (Lipinski definition) is 0. The summed E-state index contributed by atoms with van der Waals surface area (Å²) >= 11 is 0. The van der Waals surface area contributed by atoms with Crippen LogP contribution in [0.1, 0.15) is 82.6 Å². The van der Waals surface area contributed by atoms with Crippen molar-refractivity contribution in [3.8, 4) is 11.5 Å². The lowest BCUT2D eigenvalue weighted by Crippen LogP contribution is -2.41. The number of hydrogen-bond acceptors (Lipinski definition) is 3. The van der Waals surface area contributed by atoms with Gasteiger partial charge < -0.3 is 9.47 Å². The van der Waals surface area contributed by atoms with Crippen LogP contribution in [0.4, 0.5) is 0 Å². The van der Waals surface area contributed by atoms with Crippen molar-refractivity contribution in [1.29, 1.82) is 0 Å². The molecular weight excluding hydrogens is 324 g/mol. The molecule has 1 unspecified atom stereocenters. The minimum absolute atomic E-state index is 0.149. The van der Waals surface area contributed by atoms with E-state index in [1.165, 1.54) is 18.4 Å². The highest BCUT2D eigenvalue weighted by Crippen LogP contribution is 2.47. The molecule has 3 nitrogen and oxygen atoms in total. The standard InChI is InChI=1S/C23H36O3/c1-15(2)9-11-22(6,7)13-23(8)12-10-19-18(5)20(25-14-24)16(3)17(4)21(19)26-23/h14-15H,9-13H2,1-8H3. The molecule has 0 spiro atoms. The van der Waals surface area contributed by atoms with Gasteiger partial charge in [0.25, 0.3) is 6.47 Å². The van der Waals surface area contributed by atoms with Gasteiger partial charge in [0.05, 0.1) is 0 Å². The maximum atomic E-state index is 10.9. The van der Waals surface area contributed by atoms with Crippen LogP contribution >= 0.6 is 0 Å². The largest absolute Gasteiger partial charge is 0.487 e. The summed E-state index contributed by atoms with van der Waals surface area (Å²) in [4.78, 5) is 10.9. The Bertz CT molecular complexity index is 673. The summed E-state index contributed by atoms with van der Waals surface area (Å²) < 4.78 is 11.9. The molecule has 1 heterocycles. The van der Waals surface area contributed by atoms with E-state index in [4.69, 9.17) is 9.47 Å². The summed E-state index contributed by atoms with van der Waals surface area (Å²) in [5.74, 6) is 2.44. The lowest BCUT2D eigenvalue weighted by Gasteiger charge is -2.42. The van der Waals surface area contributed by atoms with E-state index >= 15 is 0 Å². The third-order valence-electron chi connectivity index (χ3n) is 5.98. The Morgan fingerprint density at radius 2 is 1.85 bits per heavy atom. The van der Waals surface area contributed by atoms with Crippen LogP contribution in [0.5, 0.6) is 11.5 Å². The van der Waals surface area contributed by atoms with Crippen LogP contribution in [0.15, 0.2) is 0 Å². The average Bonchev–Trinajstić information content (AvgIpc) is 2.54. The molecule has 26 heavy (non-hydrogen) atoms. The zero-order valence-electron chi connectivity index (χ0n) is 17.9. The van der Waals surface area contributed by atoms with E-state index in [0.717, 1.165) is 47.6 Å². The van der Waals surface area contributed by atoms with Gasteiger partial charge in [0.15, 0.2) is 0 Å². The molecule has 3 heteroatoms. The minimum Gasteiger partial charge on any atom is -0.487 e. The molecule has 0 amide bonds. The monoisotopic (exact) mass is 360 g/mol. The highest BCUT2D eigenvalue weighted by atomic mass is 16.5. The number of fused-ring (bicyclic) bond motifs is 1. The van der Waals surface area contributed by atoms with Gasteiger partial charge in [-0.15, -0.1) is 0 Å². The van der Waals surface area contributed by atoms with E-state index in [1.807, 2.05) is 13.8 Å². The van der Waals surface area contributed by atoms with Crippen LogP contribution < -0.4 is 9.47 Å². The van der Waals surface area contributed by atoms with Gasteiger partial charge in [-0.1, -0.05) is 34.1 Å². The second kappa shape index (κ2) is 7.62. The Labute approximate surface area is 159 Å². The normalized spacial score (nSPS) is 19.9.